The van der Waals surface area contributed by atoms with Crippen LogP contribution in [0.2, 0.25) is 0 Å². The molecule has 5 nitrogen and oxygen atoms in total. The second-order valence-electron chi connectivity index (χ2n) is 5.88. The van der Waals surface area contributed by atoms with Crippen LogP contribution in [0.5, 0.6) is 5.75 Å². The fourth-order valence-electron chi connectivity index (χ4n) is 2.53. The Hall–Kier alpha value is -1.96. The van der Waals surface area contributed by atoms with Crippen molar-refractivity contribution in [3.8, 4) is 5.75 Å². The van der Waals surface area contributed by atoms with Crippen molar-refractivity contribution in [3.63, 3.8) is 0 Å². The van der Waals surface area contributed by atoms with Crippen molar-refractivity contribution in [2.24, 2.45) is 4.99 Å². The van der Waals surface area contributed by atoms with Crippen molar-refractivity contribution in [1.29, 1.82) is 0 Å². The van der Waals surface area contributed by atoms with Gasteiger partial charge in [-0.3, -0.25) is 4.99 Å². The summed E-state index contributed by atoms with van der Waals surface area (Å²) in [6.45, 7) is 4.75. The summed E-state index contributed by atoms with van der Waals surface area (Å²) in [5, 5.41) is 13.2. The molecule has 0 aliphatic carbocycles. The number of ether oxygens (including phenoxy) is 1. The average molecular weight is 359 g/mol. The summed E-state index contributed by atoms with van der Waals surface area (Å²) in [5.41, 5.74) is -0.731. The number of hydrogen-bond donors (Lipinski definition) is 2. The zero-order valence-corrected chi connectivity index (χ0v) is 14.2. The fourth-order valence-corrected chi connectivity index (χ4v) is 2.53. The van der Waals surface area contributed by atoms with Crippen molar-refractivity contribution in [1.82, 2.24) is 10.2 Å². The highest BCUT2D eigenvalue weighted by atomic mass is 19.4. The number of halogens is 3. The van der Waals surface area contributed by atoms with E-state index in [1.165, 1.54) is 12.1 Å². The maximum atomic E-state index is 12.5. The Bertz CT molecular complexity index is 555. The number of alkyl halides is 3. The predicted octanol–water partition coefficient (Wildman–Crippen LogP) is 2.51. The van der Waals surface area contributed by atoms with Gasteiger partial charge in [-0.05, 0) is 44.0 Å². The highest BCUT2D eigenvalue weighted by Crippen LogP contribution is 2.30. The Labute approximate surface area is 145 Å². The van der Waals surface area contributed by atoms with Gasteiger partial charge in [-0.15, -0.1) is 0 Å². The topological polar surface area (TPSA) is 57.1 Å². The average Bonchev–Trinajstić information content (AvgIpc) is 3.10. The summed E-state index contributed by atoms with van der Waals surface area (Å²) in [5.74, 6) is 1.05. The highest BCUT2D eigenvalue weighted by molar-refractivity contribution is 5.80. The zero-order valence-electron chi connectivity index (χ0n) is 14.2. The van der Waals surface area contributed by atoms with Gasteiger partial charge in [-0.2, -0.15) is 13.2 Å². The van der Waals surface area contributed by atoms with E-state index in [1.54, 1.807) is 0 Å². The minimum Gasteiger partial charge on any atom is -0.491 e. The smallest absolute Gasteiger partial charge is 0.416 e. The number of guanidine groups is 1. The number of nitrogens with zero attached hydrogens (tertiary/aromatic N) is 2. The van der Waals surface area contributed by atoms with Crippen LogP contribution >= 0.6 is 0 Å². The fraction of sp³-hybridized carbons (Fsp3) is 0.588. The van der Waals surface area contributed by atoms with Crippen LogP contribution in [0.25, 0.3) is 0 Å². The van der Waals surface area contributed by atoms with Crippen LogP contribution in [0.1, 0.15) is 25.3 Å². The van der Waals surface area contributed by atoms with Gasteiger partial charge >= 0.3 is 6.18 Å². The van der Waals surface area contributed by atoms with Gasteiger partial charge in [0.1, 0.15) is 18.5 Å². The molecule has 2 rings (SSSR count). The number of aliphatic hydroxyl groups is 1. The van der Waals surface area contributed by atoms with Gasteiger partial charge in [0.2, 0.25) is 0 Å². The maximum absolute atomic E-state index is 12.5. The second-order valence-corrected chi connectivity index (χ2v) is 5.88. The van der Waals surface area contributed by atoms with E-state index < -0.39 is 17.8 Å². The number of benzene rings is 1. The molecule has 1 unspecified atom stereocenters. The first kappa shape index (κ1) is 19.4. The van der Waals surface area contributed by atoms with Gasteiger partial charge < -0.3 is 20.1 Å². The summed E-state index contributed by atoms with van der Waals surface area (Å²) in [6.07, 6.45) is -2.95. The molecule has 1 saturated heterocycles. The van der Waals surface area contributed by atoms with Crippen molar-refractivity contribution in [2.45, 2.75) is 32.0 Å². The molecule has 1 aromatic carbocycles. The van der Waals surface area contributed by atoms with E-state index in [1.807, 2.05) is 6.92 Å². The largest absolute Gasteiger partial charge is 0.491 e. The molecule has 0 amide bonds. The van der Waals surface area contributed by atoms with Gasteiger partial charge in [0.25, 0.3) is 0 Å². The summed E-state index contributed by atoms with van der Waals surface area (Å²) < 4.78 is 42.8. The quantitative estimate of drug-likeness (QED) is 0.605. The molecule has 1 fully saturated rings. The molecule has 0 bridgehead atoms. The van der Waals surface area contributed by atoms with Crippen LogP contribution in [0, 0.1) is 0 Å². The Balaban J connectivity index is 1.82. The molecule has 8 heteroatoms. The van der Waals surface area contributed by atoms with E-state index >= 15 is 0 Å². The summed E-state index contributed by atoms with van der Waals surface area (Å²) in [4.78, 5) is 6.55. The standard InChI is InChI=1S/C17H24F3N3O2/c1-2-21-16(23-9-3-4-10-23)22-11-14(24)12-25-15-7-5-13(6-8-15)17(18,19)20/h5-8,14,24H,2-4,9-12H2,1H3,(H,21,22). The predicted molar refractivity (Wildman–Crippen MR) is 89.7 cm³/mol. The molecule has 1 aliphatic rings. The Kier molecular flexibility index (Phi) is 6.92. The first-order valence-electron chi connectivity index (χ1n) is 8.41. The number of likely N-dealkylation sites (tertiary alicyclic amines) is 1. The van der Waals surface area contributed by atoms with Gasteiger partial charge in [-0.1, -0.05) is 0 Å². The minimum absolute atomic E-state index is 0.0335. The lowest BCUT2D eigenvalue weighted by Gasteiger charge is -2.21. The zero-order chi connectivity index (χ0) is 18.3. The van der Waals surface area contributed by atoms with Crippen LogP contribution < -0.4 is 10.1 Å². The van der Waals surface area contributed by atoms with E-state index in [2.05, 4.69) is 15.2 Å². The molecule has 25 heavy (non-hydrogen) atoms. The van der Waals surface area contributed by atoms with Crippen LogP contribution in [0.4, 0.5) is 13.2 Å². The first-order valence-corrected chi connectivity index (χ1v) is 8.41. The van der Waals surface area contributed by atoms with Crippen LogP contribution in [0.15, 0.2) is 29.3 Å². The molecular weight excluding hydrogens is 335 g/mol. The summed E-state index contributed by atoms with van der Waals surface area (Å²) in [7, 11) is 0. The Morgan fingerprint density at radius 1 is 1.28 bits per heavy atom. The molecule has 0 spiro atoms. The van der Waals surface area contributed by atoms with E-state index in [0.717, 1.165) is 50.6 Å². The van der Waals surface area contributed by atoms with Gasteiger partial charge in [0.05, 0.1) is 12.1 Å². The third-order valence-corrected chi connectivity index (χ3v) is 3.82. The molecular formula is C17H24F3N3O2. The van der Waals surface area contributed by atoms with Crippen LogP contribution in [-0.4, -0.2) is 54.9 Å². The van der Waals surface area contributed by atoms with E-state index in [-0.39, 0.29) is 18.9 Å². The first-order chi connectivity index (χ1) is 11.9. The normalized spacial score (nSPS) is 16.8. The van der Waals surface area contributed by atoms with E-state index in [0.29, 0.717) is 0 Å². The van der Waals surface area contributed by atoms with Gasteiger partial charge in [0, 0.05) is 19.6 Å². The summed E-state index contributed by atoms with van der Waals surface area (Å²) >= 11 is 0. The molecule has 1 heterocycles. The molecule has 0 aromatic heterocycles. The third kappa shape index (κ3) is 6.12. The molecule has 0 radical (unpaired) electrons. The van der Waals surface area contributed by atoms with Gasteiger partial charge in [-0.25, -0.2) is 0 Å². The molecule has 1 aromatic rings. The number of rotatable bonds is 6. The number of aliphatic hydroxyl groups excluding tert-OH is 1. The minimum atomic E-state index is -4.37. The number of aliphatic imine (C=N–C) groups is 1. The lowest BCUT2D eigenvalue weighted by molar-refractivity contribution is -0.137. The molecule has 140 valence electrons. The number of nitrogens with one attached hydrogen (secondary N) is 1. The summed E-state index contributed by atoms with van der Waals surface area (Å²) in [6, 6.07) is 4.40. The lowest BCUT2D eigenvalue weighted by atomic mass is 10.2. The second kappa shape index (κ2) is 8.94. The molecule has 2 N–H and O–H groups in total. The monoisotopic (exact) mass is 359 g/mol. The van der Waals surface area contributed by atoms with Crippen molar-refractivity contribution in [3.05, 3.63) is 29.8 Å². The molecule has 1 atom stereocenters. The SMILES string of the molecule is CCNC(=NCC(O)COc1ccc(C(F)(F)F)cc1)N1CCCC1. The van der Waals surface area contributed by atoms with Gasteiger partial charge in [0.15, 0.2) is 5.96 Å². The van der Waals surface area contributed by atoms with Crippen molar-refractivity contribution >= 4 is 5.96 Å². The molecule has 1 aliphatic heterocycles. The highest BCUT2D eigenvalue weighted by Gasteiger charge is 2.30. The van der Waals surface area contributed by atoms with Crippen LogP contribution in [-0.2, 0) is 6.18 Å². The molecule has 0 saturated carbocycles. The Morgan fingerprint density at radius 2 is 1.92 bits per heavy atom. The van der Waals surface area contributed by atoms with Crippen LogP contribution in [0.3, 0.4) is 0 Å². The van der Waals surface area contributed by atoms with Crippen molar-refractivity contribution < 1.29 is 23.0 Å². The maximum Gasteiger partial charge on any atom is 0.416 e. The third-order valence-electron chi connectivity index (χ3n) is 3.82. The number of hydrogen-bond acceptors (Lipinski definition) is 3. The van der Waals surface area contributed by atoms with E-state index in [4.69, 9.17) is 4.74 Å². The van der Waals surface area contributed by atoms with Crippen molar-refractivity contribution in [2.75, 3.05) is 32.8 Å². The Morgan fingerprint density at radius 3 is 2.48 bits per heavy atom. The van der Waals surface area contributed by atoms with E-state index in [9.17, 15) is 18.3 Å². The lowest BCUT2D eigenvalue weighted by Crippen LogP contribution is -2.40.